The van der Waals surface area contributed by atoms with Crippen molar-refractivity contribution in [2.75, 3.05) is 13.7 Å². The number of hydrogen-bond donors (Lipinski definition) is 1. The predicted octanol–water partition coefficient (Wildman–Crippen LogP) is 0.908. The lowest BCUT2D eigenvalue weighted by molar-refractivity contribution is -0.341. The summed E-state index contributed by atoms with van der Waals surface area (Å²) in [5.41, 5.74) is 0.852. The Bertz CT molecular complexity index is 638. The van der Waals surface area contributed by atoms with E-state index in [2.05, 4.69) is 5.32 Å². The molecule has 6 atom stereocenters. The molecule has 8 nitrogen and oxygen atoms in total. The highest BCUT2D eigenvalue weighted by molar-refractivity contribution is 5.73. The van der Waals surface area contributed by atoms with Crippen LogP contribution in [0.1, 0.15) is 25.7 Å². The maximum atomic E-state index is 11.7. The van der Waals surface area contributed by atoms with Crippen LogP contribution in [0, 0.1) is 0 Å². The molecule has 3 rings (SSSR count). The van der Waals surface area contributed by atoms with Gasteiger partial charge in [-0.25, -0.2) is 0 Å². The molecular formula is C18H23NO7. The van der Waals surface area contributed by atoms with Crippen molar-refractivity contribution in [3.8, 4) is 0 Å². The van der Waals surface area contributed by atoms with Crippen molar-refractivity contribution in [2.24, 2.45) is 0 Å². The summed E-state index contributed by atoms with van der Waals surface area (Å²) in [5, 5.41) is 2.82. The topological polar surface area (TPSA) is 92.3 Å². The molecule has 0 radical (unpaired) electrons. The lowest BCUT2D eigenvalue weighted by atomic mass is 9.94. The van der Waals surface area contributed by atoms with Crippen LogP contribution in [-0.4, -0.2) is 56.2 Å². The molecule has 0 spiro atoms. The van der Waals surface area contributed by atoms with E-state index in [0.717, 1.165) is 5.56 Å². The normalized spacial score (nSPS) is 33.8. The summed E-state index contributed by atoms with van der Waals surface area (Å²) in [5.74, 6) is -0.768. The number of hydrogen-bond acceptors (Lipinski definition) is 7. The van der Waals surface area contributed by atoms with E-state index in [1.165, 1.54) is 21.0 Å². The van der Waals surface area contributed by atoms with Crippen LogP contribution in [0.5, 0.6) is 0 Å². The SMILES string of the molecule is CO[C@H]1O[C@@H]2CO[C@H](c3ccccc3)O[C@H]2[C@@H](NC(C)=O)[C@H]1OC(C)=O. The summed E-state index contributed by atoms with van der Waals surface area (Å²) < 4.78 is 28.4. The molecule has 2 saturated heterocycles. The van der Waals surface area contributed by atoms with Crippen LogP contribution in [-0.2, 0) is 33.3 Å². The molecule has 0 unspecified atom stereocenters. The molecule has 1 aromatic carbocycles. The van der Waals surface area contributed by atoms with Gasteiger partial charge in [-0.3, -0.25) is 9.59 Å². The Kier molecular flexibility index (Phi) is 5.87. The Balaban J connectivity index is 1.86. The van der Waals surface area contributed by atoms with Gasteiger partial charge in [-0.15, -0.1) is 0 Å². The van der Waals surface area contributed by atoms with Crippen LogP contribution in [0.2, 0.25) is 0 Å². The molecule has 0 aliphatic carbocycles. The summed E-state index contributed by atoms with van der Waals surface area (Å²) in [6, 6.07) is 8.83. The second kappa shape index (κ2) is 8.13. The molecule has 26 heavy (non-hydrogen) atoms. The molecule has 8 heteroatoms. The molecule has 0 saturated carbocycles. The Morgan fingerprint density at radius 2 is 1.88 bits per heavy atom. The number of amides is 1. The molecule has 2 aliphatic rings. The van der Waals surface area contributed by atoms with Crippen molar-refractivity contribution in [1.29, 1.82) is 0 Å². The highest BCUT2D eigenvalue weighted by atomic mass is 16.8. The number of carbonyl (C=O) groups is 2. The lowest BCUT2D eigenvalue weighted by Crippen LogP contribution is -2.67. The fourth-order valence-corrected chi connectivity index (χ4v) is 3.28. The monoisotopic (exact) mass is 365 g/mol. The first-order valence-corrected chi connectivity index (χ1v) is 8.44. The summed E-state index contributed by atoms with van der Waals surface area (Å²) in [4.78, 5) is 23.3. The van der Waals surface area contributed by atoms with Gasteiger partial charge in [0.1, 0.15) is 12.2 Å². The minimum absolute atomic E-state index is 0.257. The van der Waals surface area contributed by atoms with E-state index in [9.17, 15) is 9.59 Å². The third-order valence-electron chi connectivity index (χ3n) is 4.32. The third kappa shape index (κ3) is 4.04. The molecule has 1 amide bonds. The summed E-state index contributed by atoms with van der Waals surface area (Å²) >= 11 is 0. The number of benzene rings is 1. The fourth-order valence-electron chi connectivity index (χ4n) is 3.28. The van der Waals surface area contributed by atoms with Gasteiger partial charge in [-0.1, -0.05) is 30.3 Å². The minimum Gasteiger partial charge on any atom is -0.455 e. The van der Waals surface area contributed by atoms with E-state index < -0.39 is 42.9 Å². The first-order valence-electron chi connectivity index (χ1n) is 8.44. The van der Waals surface area contributed by atoms with Crippen LogP contribution in [0.25, 0.3) is 0 Å². The van der Waals surface area contributed by atoms with Crippen LogP contribution >= 0.6 is 0 Å². The van der Waals surface area contributed by atoms with Gasteiger partial charge in [0.05, 0.1) is 12.6 Å². The van der Waals surface area contributed by atoms with Gasteiger partial charge in [0.15, 0.2) is 18.7 Å². The average Bonchev–Trinajstić information content (AvgIpc) is 2.63. The summed E-state index contributed by atoms with van der Waals surface area (Å²) in [6.45, 7) is 2.94. The minimum atomic E-state index is -0.836. The Labute approximate surface area is 151 Å². The molecule has 2 aliphatic heterocycles. The zero-order valence-electron chi connectivity index (χ0n) is 14.9. The maximum Gasteiger partial charge on any atom is 0.303 e. The number of ether oxygens (including phenoxy) is 5. The van der Waals surface area contributed by atoms with Crippen molar-refractivity contribution in [3.63, 3.8) is 0 Å². The Morgan fingerprint density at radius 3 is 2.50 bits per heavy atom. The number of rotatable bonds is 4. The zero-order chi connectivity index (χ0) is 18.7. The van der Waals surface area contributed by atoms with Gasteiger partial charge >= 0.3 is 5.97 Å². The van der Waals surface area contributed by atoms with Crippen molar-refractivity contribution in [2.45, 2.75) is 50.8 Å². The van der Waals surface area contributed by atoms with E-state index in [1.807, 2.05) is 30.3 Å². The second-order valence-electron chi connectivity index (χ2n) is 6.26. The first-order chi connectivity index (χ1) is 12.5. The van der Waals surface area contributed by atoms with Crippen LogP contribution in [0.4, 0.5) is 0 Å². The number of nitrogens with one attached hydrogen (secondary N) is 1. The first kappa shape index (κ1) is 18.8. The van der Waals surface area contributed by atoms with Gasteiger partial charge in [0.25, 0.3) is 0 Å². The van der Waals surface area contributed by atoms with E-state index >= 15 is 0 Å². The van der Waals surface area contributed by atoms with Crippen LogP contribution < -0.4 is 5.32 Å². The van der Waals surface area contributed by atoms with Gasteiger partial charge in [0, 0.05) is 26.5 Å². The number of methoxy groups -OCH3 is 1. The highest BCUT2D eigenvalue weighted by Gasteiger charge is 2.52. The van der Waals surface area contributed by atoms with E-state index in [1.54, 1.807) is 0 Å². The average molecular weight is 365 g/mol. The molecule has 1 N–H and O–H groups in total. The molecule has 1 aromatic rings. The summed E-state index contributed by atoms with van der Waals surface area (Å²) in [6.07, 6.45) is -3.30. The predicted molar refractivity (Wildman–Crippen MR) is 88.8 cm³/mol. The maximum absolute atomic E-state index is 11.7. The zero-order valence-corrected chi connectivity index (χ0v) is 14.9. The molecule has 142 valence electrons. The molecule has 0 aromatic heterocycles. The van der Waals surface area contributed by atoms with Crippen molar-refractivity contribution in [1.82, 2.24) is 5.32 Å². The van der Waals surface area contributed by atoms with E-state index in [0.29, 0.717) is 0 Å². The van der Waals surface area contributed by atoms with Crippen LogP contribution in [0.3, 0.4) is 0 Å². The van der Waals surface area contributed by atoms with Gasteiger partial charge < -0.3 is 29.0 Å². The van der Waals surface area contributed by atoms with E-state index in [4.69, 9.17) is 23.7 Å². The van der Waals surface area contributed by atoms with Gasteiger partial charge in [0.2, 0.25) is 5.91 Å². The molecule has 2 heterocycles. The lowest BCUT2D eigenvalue weighted by Gasteiger charge is -2.48. The number of fused-ring (bicyclic) bond motifs is 1. The quantitative estimate of drug-likeness (QED) is 0.793. The van der Waals surface area contributed by atoms with E-state index in [-0.39, 0.29) is 12.5 Å². The number of esters is 1. The smallest absolute Gasteiger partial charge is 0.303 e. The standard InChI is InChI=1S/C18H23NO7/c1-10(20)19-14-15-13(25-18(22-3)16(14)24-11(2)21)9-23-17(26-15)12-7-5-4-6-8-12/h4-8,13-18H,9H2,1-3H3,(H,19,20)/t13-,14-,15-,16-,17+,18+/m1/s1. The Hall–Kier alpha value is -2.00. The highest BCUT2D eigenvalue weighted by Crippen LogP contribution is 2.35. The van der Waals surface area contributed by atoms with Crippen molar-refractivity contribution >= 4 is 11.9 Å². The van der Waals surface area contributed by atoms with Gasteiger partial charge in [-0.05, 0) is 0 Å². The Morgan fingerprint density at radius 1 is 1.15 bits per heavy atom. The molecule has 2 fully saturated rings. The second-order valence-corrected chi connectivity index (χ2v) is 6.26. The van der Waals surface area contributed by atoms with Crippen LogP contribution in [0.15, 0.2) is 30.3 Å². The van der Waals surface area contributed by atoms with Gasteiger partial charge in [-0.2, -0.15) is 0 Å². The largest absolute Gasteiger partial charge is 0.455 e. The fraction of sp³-hybridized carbons (Fsp3) is 0.556. The third-order valence-corrected chi connectivity index (χ3v) is 4.32. The molecule has 0 bridgehead atoms. The molecular weight excluding hydrogens is 342 g/mol. The van der Waals surface area contributed by atoms with Crippen molar-refractivity contribution < 1.29 is 33.3 Å². The summed E-state index contributed by atoms with van der Waals surface area (Å²) in [7, 11) is 1.45. The van der Waals surface area contributed by atoms with Crippen molar-refractivity contribution in [3.05, 3.63) is 35.9 Å². The number of carbonyl (C=O) groups excluding carboxylic acids is 2.